The zero-order valence-corrected chi connectivity index (χ0v) is 15.8. The molecule has 0 aromatic heterocycles. The first-order valence-corrected chi connectivity index (χ1v) is 10.1. The SMILES string of the molecule is NC(=O)C1=Cc2ccccc2N(Cc2ccccc2)C1CC1CCCCC1. The number of primary amides is 1. The van der Waals surface area contributed by atoms with Crippen molar-refractivity contribution in [2.75, 3.05) is 4.90 Å². The molecule has 1 heterocycles. The van der Waals surface area contributed by atoms with Crippen LogP contribution in [0.2, 0.25) is 0 Å². The van der Waals surface area contributed by atoms with Crippen molar-refractivity contribution in [2.24, 2.45) is 11.7 Å². The van der Waals surface area contributed by atoms with Crippen molar-refractivity contribution >= 4 is 17.7 Å². The van der Waals surface area contributed by atoms with Crippen molar-refractivity contribution in [3.63, 3.8) is 0 Å². The molecule has 4 rings (SSSR count). The molecule has 1 unspecified atom stereocenters. The number of fused-ring (bicyclic) bond motifs is 1. The number of para-hydroxylation sites is 1. The molecular formula is C24H28N2O. The summed E-state index contributed by atoms with van der Waals surface area (Å²) in [5, 5.41) is 0. The Kier molecular flexibility index (Phi) is 5.28. The van der Waals surface area contributed by atoms with Gasteiger partial charge in [-0.1, -0.05) is 80.6 Å². The van der Waals surface area contributed by atoms with Gasteiger partial charge in [0.25, 0.3) is 0 Å². The van der Waals surface area contributed by atoms with E-state index in [9.17, 15) is 4.79 Å². The van der Waals surface area contributed by atoms with E-state index in [1.165, 1.54) is 43.4 Å². The molecule has 2 aromatic carbocycles. The summed E-state index contributed by atoms with van der Waals surface area (Å²) in [5.41, 5.74) is 10.1. The highest BCUT2D eigenvalue weighted by Crippen LogP contribution is 2.38. The second-order valence-electron chi connectivity index (χ2n) is 7.89. The fraction of sp³-hybridized carbons (Fsp3) is 0.375. The molecule has 1 atom stereocenters. The van der Waals surface area contributed by atoms with Gasteiger partial charge in [-0.25, -0.2) is 0 Å². The quantitative estimate of drug-likeness (QED) is 0.823. The van der Waals surface area contributed by atoms with Crippen molar-refractivity contribution in [2.45, 2.75) is 51.1 Å². The second kappa shape index (κ2) is 7.99. The number of benzene rings is 2. The molecule has 2 aromatic rings. The number of amides is 1. The summed E-state index contributed by atoms with van der Waals surface area (Å²) in [6.45, 7) is 0.792. The van der Waals surface area contributed by atoms with Crippen molar-refractivity contribution in [3.8, 4) is 0 Å². The molecule has 2 N–H and O–H groups in total. The highest BCUT2D eigenvalue weighted by molar-refractivity contribution is 6.01. The lowest BCUT2D eigenvalue weighted by Crippen LogP contribution is -2.43. The maximum atomic E-state index is 12.3. The highest BCUT2D eigenvalue weighted by atomic mass is 16.1. The molecule has 1 saturated carbocycles. The van der Waals surface area contributed by atoms with Crippen LogP contribution in [0.4, 0.5) is 5.69 Å². The first-order valence-electron chi connectivity index (χ1n) is 10.1. The van der Waals surface area contributed by atoms with Gasteiger partial charge >= 0.3 is 0 Å². The van der Waals surface area contributed by atoms with Gasteiger partial charge in [-0.2, -0.15) is 0 Å². The number of nitrogens with zero attached hydrogens (tertiary/aromatic N) is 1. The van der Waals surface area contributed by atoms with Crippen LogP contribution in [0.15, 0.2) is 60.2 Å². The number of hydrogen-bond acceptors (Lipinski definition) is 2. The van der Waals surface area contributed by atoms with Crippen molar-refractivity contribution in [1.29, 1.82) is 0 Å². The molecule has 0 spiro atoms. The normalized spacial score (nSPS) is 20.1. The van der Waals surface area contributed by atoms with Gasteiger partial charge in [0.15, 0.2) is 0 Å². The Morgan fingerprint density at radius 3 is 2.41 bits per heavy atom. The van der Waals surface area contributed by atoms with Gasteiger partial charge in [0.2, 0.25) is 5.91 Å². The second-order valence-corrected chi connectivity index (χ2v) is 7.89. The number of rotatable bonds is 5. The van der Waals surface area contributed by atoms with Gasteiger partial charge < -0.3 is 10.6 Å². The number of carbonyl (C=O) groups excluding carboxylic acids is 1. The monoisotopic (exact) mass is 360 g/mol. The molecule has 2 aliphatic rings. The van der Waals surface area contributed by atoms with Crippen LogP contribution in [0.3, 0.4) is 0 Å². The van der Waals surface area contributed by atoms with Crippen LogP contribution in [0.1, 0.15) is 49.7 Å². The van der Waals surface area contributed by atoms with Gasteiger partial charge in [-0.15, -0.1) is 0 Å². The molecular weight excluding hydrogens is 332 g/mol. The summed E-state index contributed by atoms with van der Waals surface area (Å²) in [4.78, 5) is 14.7. The molecule has 1 aliphatic carbocycles. The lowest BCUT2D eigenvalue weighted by atomic mass is 9.81. The van der Waals surface area contributed by atoms with E-state index in [2.05, 4.69) is 47.4 Å². The Balaban J connectivity index is 1.71. The molecule has 1 fully saturated rings. The Labute approximate surface area is 161 Å². The van der Waals surface area contributed by atoms with Gasteiger partial charge in [0.1, 0.15) is 0 Å². The number of anilines is 1. The molecule has 0 radical (unpaired) electrons. The van der Waals surface area contributed by atoms with E-state index in [0.29, 0.717) is 5.92 Å². The smallest absolute Gasteiger partial charge is 0.246 e. The number of carbonyl (C=O) groups is 1. The maximum Gasteiger partial charge on any atom is 0.246 e. The summed E-state index contributed by atoms with van der Waals surface area (Å²) >= 11 is 0. The summed E-state index contributed by atoms with van der Waals surface area (Å²) < 4.78 is 0. The van der Waals surface area contributed by atoms with Crippen LogP contribution in [-0.2, 0) is 11.3 Å². The van der Waals surface area contributed by atoms with Crippen LogP contribution in [0, 0.1) is 5.92 Å². The molecule has 1 aliphatic heterocycles. The lowest BCUT2D eigenvalue weighted by Gasteiger charge is -2.41. The first kappa shape index (κ1) is 17.8. The molecule has 3 nitrogen and oxygen atoms in total. The van der Waals surface area contributed by atoms with E-state index >= 15 is 0 Å². The van der Waals surface area contributed by atoms with E-state index in [1.807, 2.05) is 18.2 Å². The van der Waals surface area contributed by atoms with Crippen molar-refractivity contribution in [1.82, 2.24) is 0 Å². The molecule has 1 amide bonds. The molecule has 0 saturated heterocycles. The summed E-state index contributed by atoms with van der Waals surface area (Å²) in [6.07, 6.45) is 9.52. The van der Waals surface area contributed by atoms with Gasteiger partial charge in [0.05, 0.1) is 6.04 Å². The standard InChI is InChI=1S/C24H28N2O/c25-24(27)21-16-20-13-7-8-14-22(20)26(17-19-11-5-2-6-12-19)23(21)15-18-9-3-1-4-10-18/h2,5-8,11-14,16,18,23H,1,3-4,9-10,15,17H2,(H2,25,27). The topological polar surface area (TPSA) is 46.3 Å². The Morgan fingerprint density at radius 2 is 1.67 bits per heavy atom. The minimum Gasteiger partial charge on any atom is -0.366 e. The van der Waals surface area contributed by atoms with Gasteiger partial charge in [0, 0.05) is 17.8 Å². The predicted molar refractivity (Wildman–Crippen MR) is 111 cm³/mol. The third kappa shape index (κ3) is 3.92. The fourth-order valence-corrected chi connectivity index (χ4v) is 4.67. The number of nitrogens with two attached hydrogens (primary N) is 1. The highest BCUT2D eigenvalue weighted by Gasteiger charge is 2.33. The van der Waals surface area contributed by atoms with E-state index in [-0.39, 0.29) is 11.9 Å². The average molecular weight is 361 g/mol. The minimum atomic E-state index is -0.289. The third-order valence-electron chi connectivity index (χ3n) is 6.05. The van der Waals surface area contributed by atoms with Crippen LogP contribution in [0.5, 0.6) is 0 Å². The zero-order valence-electron chi connectivity index (χ0n) is 15.8. The average Bonchev–Trinajstić information content (AvgIpc) is 2.71. The van der Waals surface area contributed by atoms with E-state index in [0.717, 1.165) is 24.1 Å². The minimum absolute atomic E-state index is 0.0562. The Hall–Kier alpha value is -2.55. The zero-order chi connectivity index (χ0) is 18.6. The van der Waals surface area contributed by atoms with Gasteiger partial charge in [-0.05, 0) is 35.6 Å². The molecule has 27 heavy (non-hydrogen) atoms. The van der Waals surface area contributed by atoms with Crippen molar-refractivity contribution < 1.29 is 4.79 Å². The fourth-order valence-electron chi connectivity index (χ4n) is 4.67. The van der Waals surface area contributed by atoms with Crippen LogP contribution in [-0.4, -0.2) is 11.9 Å². The Bertz CT molecular complexity index is 821. The van der Waals surface area contributed by atoms with E-state index in [1.54, 1.807) is 0 Å². The summed E-state index contributed by atoms with van der Waals surface area (Å²) in [6, 6.07) is 18.9. The van der Waals surface area contributed by atoms with Crippen LogP contribution in [0.25, 0.3) is 6.08 Å². The summed E-state index contributed by atoms with van der Waals surface area (Å²) in [7, 11) is 0. The largest absolute Gasteiger partial charge is 0.366 e. The third-order valence-corrected chi connectivity index (χ3v) is 6.05. The Morgan fingerprint density at radius 1 is 0.963 bits per heavy atom. The number of hydrogen-bond donors (Lipinski definition) is 1. The van der Waals surface area contributed by atoms with Crippen LogP contribution >= 0.6 is 0 Å². The summed E-state index contributed by atoms with van der Waals surface area (Å²) in [5.74, 6) is 0.387. The van der Waals surface area contributed by atoms with E-state index in [4.69, 9.17) is 5.73 Å². The molecule has 0 bridgehead atoms. The van der Waals surface area contributed by atoms with Gasteiger partial charge in [-0.3, -0.25) is 4.79 Å². The maximum absolute atomic E-state index is 12.3. The molecule has 140 valence electrons. The van der Waals surface area contributed by atoms with Crippen LogP contribution < -0.4 is 10.6 Å². The van der Waals surface area contributed by atoms with E-state index < -0.39 is 0 Å². The molecule has 3 heteroatoms. The predicted octanol–water partition coefficient (Wildman–Crippen LogP) is 4.91. The lowest BCUT2D eigenvalue weighted by molar-refractivity contribution is -0.114. The van der Waals surface area contributed by atoms with Crippen molar-refractivity contribution in [3.05, 3.63) is 71.3 Å². The first-order chi connectivity index (χ1) is 13.2.